The van der Waals surface area contributed by atoms with Crippen LogP contribution < -0.4 is 5.32 Å². The van der Waals surface area contributed by atoms with E-state index in [1.807, 2.05) is 42.6 Å². The lowest BCUT2D eigenvalue weighted by Crippen LogP contribution is -2.44. The normalized spacial score (nSPS) is 15.3. The standard InChI is InChI=1S/C28H23ClN4O3S/c1-17-5-8-25(31-15-17)32-27(35)21-7-6-18(12-22(21)29)16-33-23(14-20-4-2-3-10-30-20)24(34)13-19-9-11-37-26(19)28(33)36/h2-12,15,23H,13-14,16H2,1H3,(H,31,32,35). The van der Waals surface area contributed by atoms with Gasteiger partial charge in [-0.2, -0.15) is 0 Å². The highest BCUT2D eigenvalue weighted by atomic mass is 35.5. The molecule has 5 rings (SSSR count). The minimum atomic E-state index is -0.670. The molecule has 9 heteroatoms. The summed E-state index contributed by atoms with van der Waals surface area (Å²) in [6, 6.07) is 15.3. The number of carbonyl (C=O) groups is 3. The molecular formula is C28H23ClN4O3S. The molecule has 1 N–H and O–H groups in total. The molecule has 2 amide bonds. The third-order valence-corrected chi connectivity index (χ3v) is 7.48. The second kappa shape index (κ2) is 10.6. The van der Waals surface area contributed by atoms with E-state index in [0.717, 1.165) is 16.8 Å². The maximum Gasteiger partial charge on any atom is 0.265 e. The average molecular weight is 531 g/mol. The highest BCUT2D eigenvalue weighted by Gasteiger charge is 2.36. The first-order chi connectivity index (χ1) is 17.9. The van der Waals surface area contributed by atoms with Crippen LogP contribution in [0.3, 0.4) is 0 Å². The molecule has 3 aromatic heterocycles. The summed E-state index contributed by atoms with van der Waals surface area (Å²) in [5, 5.41) is 4.82. The van der Waals surface area contributed by atoms with Gasteiger partial charge in [-0.25, -0.2) is 4.98 Å². The number of benzene rings is 1. The molecule has 0 fully saturated rings. The van der Waals surface area contributed by atoms with Crippen LogP contribution in [0.15, 0.2) is 72.4 Å². The number of Topliss-reactive ketones (excluding diaryl/α,β-unsaturated/α-hetero) is 1. The number of hydrogen-bond donors (Lipinski definition) is 1. The van der Waals surface area contributed by atoms with Crippen LogP contribution in [-0.4, -0.2) is 38.5 Å². The summed E-state index contributed by atoms with van der Waals surface area (Å²) in [4.78, 5) is 50.4. The summed E-state index contributed by atoms with van der Waals surface area (Å²) in [5.74, 6) is -0.192. The average Bonchev–Trinajstić information content (AvgIpc) is 3.32. The zero-order chi connectivity index (χ0) is 25.9. The van der Waals surface area contributed by atoms with Gasteiger partial charge in [0.15, 0.2) is 5.78 Å². The maximum atomic E-state index is 13.6. The van der Waals surface area contributed by atoms with E-state index in [2.05, 4.69) is 15.3 Å². The van der Waals surface area contributed by atoms with E-state index in [-0.39, 0.29) is 41.1 Å². The number of ketones is 1. The Labute approximate surface area is 223 Å². The van der Waals surface area contributed by atoms with Crippen LogP contribution >= 0.6 is 22.9 Å². The fourth-order valence-corrected chi connectivity index (χ4v) is 5.47. The van der Waals surface area contributed by atoms with Crippen molar-refractivity contribution in [3.8, 4) is 0 Å². The molecule has 37 heavy (non-hydrogen) atoms. The maximum absolute atomic E-state index is 13.6. The summed E-state index contributed by atoms with van der Waals surface area (Å²) >= 11 is 7.84. The first kappa shape index (κ1) is 24.8. The summed E-state index contributed by atoms with van der Waals surface area (Å²) in [7, 11) is 0. The molecule has 4 aromatic rings. The summed E-state index contributed by atoms with van der Waals surface area (Å²) < 4.78 is 0. The van der Waals surface area contributed by atoms with Crippen molar-refractivity contribution < 1.29 is 14.4 Å². The van der Waals surface area contributed by atoms with Crippen LogP contribution in [0.2, 0.25) is 5.02 Å². The minimum absolute atomic E-state index is 0.0381. The number of thiophene rings is 1. The van der Waals surface area contributed by atoms with Crippen LogP contribution in [0.1, 0.15) is 42.4 Å². The lowest BCUT2D eigenvalue weighted by Gasteiger charge is -2.29. The highest BCUT2D eigenvalue weighted by Crippen LogP contribution is 2.29. The molecule has 0 aliphatic carbocycles. The van der Waals surface area contributed by atoms with Crippen molar-refractivity contribution in [2.45, 2.75) is 32.4 Å². The van der Waals surface area contributed by atoms with Gasteiger partial charge in [0.2, 0.25) is 0 Å². The number of halogens is 1. The van der Waals surface area contributed by atoms with Gasteiger partial charge in [0, 0.05) is 37.5 Å². The number of fused-ring (bicyclic) bond motifs is 1. The third-order valence-electron chi connectivity index (χ3n) is 6.23. The molecule has 1 unspecified atom stereocenters. The topological polar surface area (TPSA) is 92.3 Å². The Balaban J connectivity index is 1.41. The molecule has 186 valence electrons. The van der Waals surface area contributed by atoms with Gasteiger partial charge in [-0.1, -0.05) is 29.8 Å². The van der Waals surface area contributed by atoms with Crippen LogP contribution in [0.5, 0.6) is 0 Å². The van der Waals surface area contributed by atoms with Crippen molar-refractivity contribution in [2.75, 3.05) is 5.32 Å². The lowest BCUT2D eigenvalue weighted by atomic mass is 10.0. The van der Waals surface area contributed by atoms with Crippen LogP contribution in [0.25, 0.3) is 0 Å². The van der Waals surface area contributed by atoms with E-state index in [9.17, 15) is 14.4 Å². The summed E-state index contributed by atoms with van der Waals surface area (Å²) in [6.45, 7) is 2.08. The number of nitrogens with zero attached hydrogens (tertiary/aromatic N) is 3. The predicted molar refractivity (Wildman–Crippen MR) is 143 cm³/mol. The zero-order valence-electron chi connectivity index (χ0n) is 20.0. The van der Waals surface area contributed by atoms with Crippen LogP contribution in [0.4, 0.5) is 5.82 Å². The Bertz CT molecular complexity index is 1470. The molecule has 7 nitrogen and oxygen atoms in total. The Morgan fingerprint density at radius 1 is 1.14 bits per heavy atom. The van der Waals surface area contributed by atoms with Crippen molar-refractivity contribution in [1.82, 2.24) is 14.9 Å². The Kier molecular flexibility index (Phi) is 7.12. The van der Waals surface area contributed by atoms with Gasteiger partial charge in [0.05, 0.1) is 21.5 Å². The van der Waals surface area contributed by atoms with Gasteiger partial charge in [-0.15, -0.1) is 11.3 Å². The Morgan fingerprint density at radius 2 is 2.00 bits per heavy atom. The van der Waals surface area contributed by atoms with Gasteiger partial charge >= 0.3 is 0 Å². The molecule has 1 aliphatic heterocycles. The number of aromatic nitrogens is 2. The summed E-state index contributed by atoms with van der Waals surface area (Å²) in [5.41, 5.74) is 3.47. The quantitative estimate of drug-likeness (QED) is 0.373. The van der Waals surface area contributed by atoms with E-state index >= 15 is 0 Å². The zero-order valence-corrected chi connectivity index (χ0v) is 21.6. The molecular weight excluding hydrogens is 508 g/mol. The minimum Gasteiger partial charge on any atom is -0.323 e. The fraction of sp³-hybridized carbons (Fsp3) is 0.179. The van der Waals surface area contributed by atoms with Crippen molar-refractivity contribution >= 4 is 46.4 Å². The van der Waals surface area contributed by atoms with E-state index in [1.54, 1.807) is 41.6 Å². The fourth-order valence-electron chi connectivity index (χ4n) is 4.30. The van der Waals surface area contributed by atoms with E-state index in [0.29, 0.717) is 22.7 Å². The molecule has 1 atom stereocenters. The Hall–Kier alpha value is -3.88. The number of carbonyl (C=O) groups excluding carboxylic acids is 3. The first-order valence-electron chi connectivity index (χ1n) is 11.7. The van der Waals surface area contributed by atoms with E-state index < -0.39 is 6.04 Å². The van der Waals surface area contributed by atoms with Gasteiger partial charge in [-0.3, -0.25) is 19.4 Å². The SMILES string of the molecule is Cc1ccc(NC(=O)c2ccc(CN3C(=O)c4sccc4CC(=O)C3Cc3ccccn3)cc2Cl)nc1. The third kappa shape index (κ3) is 5.45. The summed E-state index contributed by atoms with van der Waals surface area (Å²) in [6.07, 6.45) is 3.86. The van der Waals surface area contributed by atoms with Crippen molar-refractivity contribution in [3.63, 3.8) is 0 Å². The van der Waals surface area contributed by atoms with Gasteiger partial charge in [-0.05, 0) is 65.4 Å². The van der Waals surface area contributed by atoms with Crippen LogP contribution in [-0.2, 0) is 24.2 Å². The molecule has 1 aromatic carbocycles. The van der Waals surface area contributed by atoms with Gasteiger partial charge < -0.3 is 10.2 Å². The number of anilines is 1. The molecule has 0 saturated carbocycles. The lowest BCUT2D eigenvalue weighted by molar-refractivity contribution is -0.122. The monoisotopic (exact) mass is 530 g/mol. The van der Waals surface area contributed by atoms with Crippen LogP contribution in [0, 0.1) is 6.92 Å². The molecule has 0 spiro atoms. The molecule has 4 heterocycles. The number of aryl methyl sites for hydroxylation is 1. The molecule has 0 saturated heterocycles. The largest absolute Gasteiger partial charge is 0.323 e. The predicted octanol–water partition coefficient (Wildman–Crippen LogP) is 5.13. The highest BCUT2D eigenvalue weighted by molar-refractivity contribution is 7.12. The number of amides is 2. The molecule has 1 aliphatic rings. The van der Waals surface area contributed by atoms with Crippen molar-refractivity contribution in [1.29, 1.82) is 0 Å². The number of nitrogens with one attached hydrogen (secondary N) is 1. The van der Waals surface area contributed by atoms with Gasteiger partial charge in [0.1, 0.15) is 5.82 Å². The second-order valence-corrected chi connectivity index (χ2v) is 10.2. The number of rotatable bonds is 6. The van der Waals surface area contributed by atoms with Crippen molar-refractivity contribution in [3.05, 3.63) is 110 Å². The molecule has 0 radical (unpaired) electrons. The second-order valence-electron chi connectivity index (χ2n) is 8.88. The van der Waals surface area contributed by atoms with E-state index in [1.165, 1.54) is 11.3 Å². The number of pyridine rings is 2. The Morgan fingerprint density at radius 3 is 2.73 bits per heavy atom. The van der Waals surface area contributed by atoms with Crippen molar-refractivity contribution in [2.24, 2.45) is 0 Å². The van der Waals surface area contributed by atoms with E-state index in [4.69, 9.17) is 11.6 Å². The number of hydrogen-bond acceptors (Lipinski definition) is 6. The first-order valence-corrected chi connectivity index (χ1v) is 13.0. The van der Waals surface area contributed by atoms with Gasteiger partial charge in [0.25, 0.3) is 11.8 Å². The smallest absolute Gasteiger partial charge is 0.265 e. The molecule has 0 bridgehead atoms.